The maximum absolute atomic E-state index is 12.3. The molecule has 0 spiro atoms. The van der Waals surface area contributed by atoms with Gasteiger partial charge in [0.05, 0.1) is 18.8 Å². The Morgan fingerprint density at radius 2 is 2.18 bits per heavy atom. The lowest BCUT2D eigenvalue weighted by Crippen LogP contribution is -2.39. The number of ether oxygens (including phenoxy) is 1. The molecule has 0 aromatic rings. The number of nitrogens with one attached hydrogen (secondary N) is 1. The molecule has 0 saturated carbocycles. The molecule has 1 aliphatic heterocycles. The minimum atomic E-state index is -0.00611. The molecule has 1 saturated heterocycles. The van der Waals surface area contributed by atoms with Gasteiger partial charge in [0.1, 0.15) is 0 Å². The summed E-state index contributed by atoms with van der Waals surface area (Å²) in [4.78, 5) is 14.3. The lowest BCUT2D eigenvalue weighted by molar-refractivity contribution is -0.131. The van der Waals surface area contributed by atoms with Crippen LogP contribution in [0.1, 0.15) is 40.0 Å². The van der Waals surface area contributed by atoms with Crippen LogP contribution in [0.2, 0.25) is 0 Å². The highest BCUT2D eigenvalue weighted by atomic mass is 16.5. The quantitative estimate of drug-likeness (QED) is 0.737. The number of nitrogens with zero attached hydrogens (tertiary/aromatic N) is 1. The number of carbonyl (C=O) groups is 1. The van der Waals surface area contributed by atoms with Crippen LogP contribution in [0.3, 0.4) is 0 Å². The third-order valence-corrected chi connectivity index (χ3v) is 3.61. The van der Waals surface area contributed by atoms with Crippen LogP contribution in [0.4, 0.5) is 0 Å². The largest absolute Gasteiger partial charge is 0.383 e. The first-order chi connectivity index (χ1) is 8.15. The van der Waals surface area contributed by atoms with Crippen molar-refractivity contribution in [2.24, 2.45) is 5.92 Å². The van der Waals surface area contributed by atoms with Gasteiger partial charge in [0.2, 0.25) is 5.91 Å². The van der Waals surface area contributed by atoms with Gasteiger partial charge in [-0.2, -0.15) is 0 Å². The van der Waals surface area contributed by atoms with Gasteiger partial charge < -0.3 is 9.64 Å². The molecule has 0 radical (unpaired) electrons. The number of methoxy groups -OCH3 is 1. The average Bonchev–Trinajstić information content (AvgIpc) is 2.63. The fraction of sp³-hybridized carbons (Fsp3) is 0.923. The Morgan fingerprint density at radius 3 is 2.71 bits per heavy atom. The van der Waals surface area contributed by atoms with E-state index >= 15 is 0 Å². The van der Waals surface area contributed by atoms with Crippen molar-refractivity contribution in [3.05, 3.63) is 0 Å². The summed E-state index contributed by atoms with van der Waals surface area (Å²) in [5.74, 6) is 0.643. The third-order valence-electron chi connectivity index (χ3n) is 3.61. The summed E-state index contributed by atoms with van der Waals surface area (Å²) >= 11 is 0. The molecular weight excluding hydrogens is 216 g/mol. The van der Waals surface area contributed by atoms with E-state index in [1.165, 1.54) is 0 Å². The molecule has 4 nitrogen and oxygen atoms in total. The highest BCUT2D eigenvalue weighted by molar-refractivity contribution is 5.84. The summed E-state index contributed by atoms with van der Waals surface area (Å²) in [6.45, 7) is 7.72. The highest BCUT2D eigenvalue weighted by Crippen LogP contribution is 2.21. The zero-order valence-corrected chi connectivity index (χ0v) is 11.5. The zero-order valence-electron chi connectivity index (χ0n) is 11.5. The smallest absolute Gasteiger partial charge is 0.241 e. The molecule has 0 aromatic carbocycles. The monoisotopic (exact) mass is 242 g/mol. The van der Waals surface area contributed by atoms with Crippen LogP contribution in [0.5, 0.6) is 0 Å². The molecule has 1 amide bonds. The molecular formula is C13H26N2O2. The maximum atomic E-state index is 12.3. The SMILES string of the molecule is CCCC1NC(C(C)CC)C(=O)N1CCOC. The fourth-order valence-corrected chi connectivity index (χ4v) is 2.31. The van der Waals surface area contributed by atoms with Crippen LogP contribution in [0.15, 0.2) is 0 Å². The van der Waals surface area contributed by atoms with Crippen LogP contribution in [-0.4, -0.2) is 43.3 Å². The summed E-state index contributed by atoms with van der Waals surface area (Å²) in [6.07, 6.45) is 3.33. The van der Waals surface area contributed by atoms with Crippen LogP contribution < -0.4 is 5.32 Å². The lowest BCUT2D eigenvalue weighted by atomic mass is 9.99. The molecule has 1 heterocycles. The Balaban J connectivity index is 2.67. The van der Waals surface area contributed by atoms with E-state index in [0.717, 1.165) is 19.3 Å². The molecule has 1 aliphatic rings. The maximum Gasteiger partial charge on any atom is 0.241 e. The van der Waals surface area contributed by atoms with Crippen LogP contribution in [0, 0.1) is 5.92 Å². The van der Waals surface area contributed by atoms with Crippen molar-refractivity contribution in [3.63, 3.8) is 0 Å². The van der Waals surface area contributed by atoms with Gasteiger partial charge in [-0.3, -0.25) is 10.1 Å². The van der Waals surface area contributed by atoms with Gasteiger partial charge in [0.15, 0.2) is 0 Å². The molecule has 0 aromatic heterocycles. The molecule has 100 valence electrons. The predicted octanol–water partition coefficient (Wildman–Crippen LogP) is 1.61. The van der Waals surface area contributed by atoms with Gasteiger partial charge in [0.25, 0.3) is 0 Å². The van der Waals surface area contributed by atoms with E-state index in [1.54, 1.807) is 7.11 Å². The van der Waals surface area contributed by atoms with Crippen LogP contribution >= 0.6 is 0 Å². The molecule has 1 N–H and O–H groups in total. The van der Waals surface area contributed by atoms with Crippen molar-refractivity contribution in [1.82, 2.24) is 10.2 Å². The molecule has 4 heteroatoms. The van der Waals surface area contributed by atoms with Crippen molar-refractivity contribution in [2.75, 3.05) is 20.3 Å². The molecule has 1 rings (SSSR count). The average molecular weight is 242 g/mol. The first-order valence-electron chi connectivity index (χ1n) is 6.71. The van der Waals surface area contributed by atoms with Crippen LogP contribution in [0.25, 0.3) is 0 Å². The summed E-state index contributed by atoms with van der Waals surface area (Å²) in [6, 6.07) is -0.00611. The van der Waals surface area contributed by atoms with Gasteiger partial charge in [-0.25, -0.2) is 0 Å². The van der Waals surface area contributed by atoms with Crippen molar-refractivity contribution in [3.8, 4) is 0 Å². The Kier molecular flexibility index (Phi) is 5.92. The second kappa shape index (κ2) is 6.97. The van der Waals surface area contributed by atoms with E-state index in [9.17, 15) is 4.79 Å². The van der Waals surface area contributed by atoms with E-state index in [0.29, 0.717) is 19.1 Å². The summed E-state index contributed by atoms with van der Waals surface area (Å²) in [5, 5.41) is 3.47. The Bertz CT molecular complexity index is 246. The second-order valence-electron chi connectivity index (χ2n) is 4.86. The standard InChI is InChI=1S/C13H26N2O2/c1-5-7-11-14-12(10(3)6-2)13(16)15(11)8-9-17-4/h10-12,14H,5-9H2,1-4H3. The molecule has 0 aliphatic carbocycles. The molecule has 0 bridgehead atoms. The van der Waals surface area contributed by atoms with Crippen molar-refractivity contribution < 1.29 is 9.53 Å². The first-order valence-corrected chi connectivity index (χ1v) is 6.71. The molecule has 3 unspecified atom stereocenters. The Labute approximate surface area is 105 Å². The van der Waals surface area contributed by atoms with Crippen molar-refractivity contribution in [2.45, 2.75) is 52.2 Å². The number of hydrogen-bond acceptors (Lipinski definition) is 3. The van der Waals surface area contributed by atoms with E-state index in [-0.39, 0.29) is 18.1 Å². The molecule has 1 fully saturated rings. The topological polar surface area (TPSA) is 41.6 Å². The molecule has 17 heavy (non-hydrogen) atoms. The minimum absolute atomic E-state index is 0.00611. The van der Waals surface area contributed by atoms with E-state index in [1.807, 2.05) is 4.90 Å². The van der Waals surface area contributed by atoms with Crippen molar-refractivity contribution >= 4 is 5.91 Å². The normalized spacial score (nSPS) is 26.6. The summed E-state index contributed by atoms with van der Waals surface area (Å²) < 4.78 is 5.08. The van der Waals surface area contributed by atoms with E-state index in [4.69, 9.17) is 4.74 Å². The third kappa shape index (κ3) is 3.42. The van der Waals surface area contributed by atoms with Crippen molar-refractivity contribution in [1.29, 1.82) is 0 Å². The van der Waals surface area contributed by atoms with Gasteiger partial charge >= 0.3 is 0 Å². The van der Waals surface area contributed by atoms with E-state index < -0.39 is 0 Å². The lowest BCUT2D eigenvalue weighted by Gasteiger charge is -2.23. The number of hydrogen-bond donors (Lipinski definition) is 1. The Morgan fingerprint density at radius 1 is 1.47 bits per heavy atom. The summed E-state index contributed by atoms with van der Waals surface area (Å²) in [5.41, 5.74) is 0. The fourth-order valence-electron chi connectivity index (χ4n) is 2.31. The number of amides is 1. The summed E-state index contributed by atoms with van der Waals surface area (Å²) in [7, 11) is 1.68. The van der Waals surface area contributed by atoms with Crippen LogP contribution in [-0.2, 0) is 9.53 Å². The highest BCUT2D eigenvalue weighted by Gasteiger charge is 2.39. The molecule has 3 atom stereocenters. The zero-order chi connectivity index (χ0) is 12.8. The Hall–Kier alpha value is -0.610. The second-order valence-corrected chi connectivity index (χ2v) is 4.86. The van der Waals surface area contributed by atoms with E-state index in [2.05, 4.69) is 26.1 Å². The predicted molar refractivity (Wildman–Crippen MR) is 68.7 cm³/mol. The minimum Gasteiger partial charge on any atom is -0.383 e. The van der Waals surface area contributed by atoms with Gasteiger partial charge in [0, 0.05) is 13.7 Å². The number of rotatable bonds is 7. The van der Waals surface area contributed by atoms with Gasteiger partial charge in [-0.15, -0.1) is 0 Å². The number of carbonyl (C=O) groups excluding carboxylic acids is 1. The van der Waals surface area contributed by atoms with Gasteiger partial charge in [-0.05, 0) is 12.3 Å². The van der Waals surface area contributed by atoms with Gasteiger partial charge in [-0.1, -0.05) is 33.6 Å². The first kappa shape index (κ1) is 14.5.